The smallest absolute Gasteiger partial charge is 0.0590 e. The third-order valence-corrected chi connectivity index (χ3v) is 2.33. The molecule has 0 unspecified atom stereocenters. The molecule has 20 heavy (non-hydrogen) atoms. The molecule has 2 heteroatoms. The molecular formula is C18H28N2. The molecule has 0 amide bonds. The molecule has 1 aromatic rings. The Bertz CT molecular complexity index is 457. The van der Waals surface area contributed by atoms with Crippen LogP contribution in [-0.4, -0.2) is 12.8 Å². The van der Waals surface area contributed by atoms with Crippen molar-refractivity contribution in [2.75, 3.05) is 12.1 Å². The second kappa shape index (κ2) is 10.0. The molecule has 0 fully saturated rings. The fourth-order valence-electron chi connectivity index (χ4n) is 1.51. The zero-order valence-electron chi connectivity index (χ0n) is 13.9. The van der Waals surface area contributed by atoms with Crippen molar-refractivity contribution >= 4 is 17.5 Å². The summed E-state index contributed by atoms with van der Waals surface area (Å²) in [6.45, 7) is 12.2. The second-order valence-corrected chi connectivity index (χ2v) is 4.77. The van der Waals surface area contributed by atoms with Gasteiger partial charge in [-0.2, -0.15) is 5.10 Å². The molecule has 110 valence electrons. The number of anilines is 1. The summed E-state index contributed by atoms with van der Waals surface area (Å²) in [5.74, 6) is 0. The van der Waals surface area contributed by atoms with Crippen LogP contribution in [0.4, 0.5) is 5.69 Å². The van der Waals surface area contributed by atoms with E-state index in [-0.39, 0.29) is 0 Å². The molecule has 1 rings (SSSR count). The molecule has 0 saturated heterocycles. The van der Waals surface area contributed by atoms with E-state index >= 15 is 0 Å². The Morgan fingerprint density at radius 3 is 2.00 bits per heavy atom. The predicted octanol–water partition coefficient (Wildman–Crippen LogP) is 5.52. The lowest BCUT2D eigenvalue weighted by Crippen LogP contribution is -2.10. The first-order valence-corrected chi connectivity index (χ1v) is 7.16. The summed E-state index contributed by atoms with van der Waals surface area (Å²) in [5.41, 5.74) is 4.64. The van der Waals surface area contributed by atoms with Crippen LogP contribution < -0.4 is 5.01 Å². The molecule has 0 saturated carbocycles. The number of hydrazone groups is 1. The van der Waals surface area contributed by atoms with E-state index in [1.54, 1.807) is 0 Å². The second-order valence-electron chi connectivity index (χ2n) is 4.77. The minimum absolute atomic E-state index is 1.05. The molecule has 0 aromatic heterocycles. The Hall–Kier alpha value is -1.83. The zero-order valence-corrected chi connectivity index (χ0v) is 13.9. The van der Waals surface area contributed by atoms with Gasteiger partial charge in [0.15, 0.2) is 0 Å². The highest BCUT2D eigenvalue weighted by molar-refractivity contribution is 5.80. The molecule has 0 radical (unpaired) electrons. The average molecular weight is 272 g/mol. The Balaban J connectivity index is 0.00000172. The molecule has 1 aromatic carbocycles. The van der Waals surface area contributed by atoms with E-state index in [0.29, 0.717) is 0 Å². The van der Waals surface area contributed by atoms with Crippen molar-refractivity contribution in [2.24, 2.45) is 5.10 Å². The van der Waals surface area contributed by atoms with Gasteiger partial charge >= 0.3 is 0 Å². The van der Waals surface area contributed by atoms with Crippen LogP contribution in [-0.2, 0) is 0 Å². The highest BCUT2D eigenvalue weighted by Crippen LogP contribution is 2.15. The van der Waals surface area contributed by atoms with E-state index < -0.39 is 0 Å². The maximum atomic E-state index is 4.39. The third kappa shape index (κ3) is 7.57. The number of nitrogens with zero attached hydrogens (tertiary/aromatic N) is 2. The van der Waals surface area contributed by atoms with Gasteiger partial charge < -0.3 is 0 Å². The minimum Gasteiger partial charge on any atom is -0.269 e. The van der Waals surface area contributed by atoms with Crippen molar-refractivity contribution < 1.29 is 0 Å². The molecule has 0 bridgehead atoms. The molecule has 0 aliphatic carbocycles. The van der Waals surface area contributed by atoms with Gasteiger partial charge in [0.25, 0.3) is 0 Å². The minimum atomic E-state index is 1.05. The summed E-state index contributed by atoms with van der Waals surface area (Å²) in [6.07, 6.45) is 6.28. The van der Waals surface area contributed by atoms with Crippen LogP contribution in [0.3, 0.4) is 0 Å². The summed E-state index contributed by atoms with van der Waals surface area (Å²) in [4.78, 5) is 0. The summed E-state index contributed by atoms with van der Waals surface area (Å²) in [7, 11) is 1.96. The first-order chi connectivity index (χ1) is 9.49. The Kier molecular flexibility index (Phi) is 9.10. The molecule has 0 aliphatic rings. The number of benzene rings is 1. The van der Waals surface area contributed by atoms with Gasteiger partial charge in [0.2, 0.25) is 0 Å². The van der Waals surface area contributed by atoms with Crippen LogP contribution in [0, 0.1) is 0 Å². The highest BCUT2D eigenvalue weighted by Gasteiger charge is 1.97. The van der Waals surface area contributed by atoms with E-state index in [1.807, 2.05) is 39.8 Å². The predicted molar refractivity (Wildman–Crippen MR) is 93.4 cm³/mol. The first kappa shape index (κ1) is 18.2. The standard InChI is InChI=1S/C16H22N2.C2H6/c1-13(2)7-6-8-15-9-11-16(12-10-15)18(5)17-14(3)4;1-2/h6-12H,1-5H3;1-2H3. The number of allylic oxidation sites excluding steroid dienone is 3. The van der Waals surface area contributed by atoms with Gasteiger partial charge in [-0.15, -0.1) is 0 Å². The van der Waals surface area contributed by atoms with Gasteiger partial charge in [0.05, 0.1) is 5.69 Å². The molecule has 0 heterocycles. The molecule has 0 atom stereocenters. The lowest BCUT2D eigenvalue weighted by atomic mass is 10.2. The monoisotopic (exact) mass is 272 g/mol. The lowest BCUT2D eigenvalue weighted by molar-refractivity contribution is 1.01. The van der Waals surface area contributed by atoms with Gasteiger partial charge in [0, 0.05) is 12.8 Å². The first-order valence-electron chi connectivity index (χ1n) is 7.16. The summed E-state index contributed by atoms with van der Waals surface area (Å²) >= 11 is 0. The number of rotatable bonds is 4. The Labute approximate surface area is 124 Å². The van der Waals surface area contributed by atoms with Crippen LogP contribution >= 0.6 is 0 Å². The van der Waals surface area contributed by atoms with Crippen molar-refractivity contribution in [2.45, 2.75) is 41.5 Å². The van der Waals surface area contributed by atoms with Crippen LogP contribution in [0.5, 0.6) is 0 Å². The van der Waals surface area contributed by atoms with E-state index in [1.165, 1.54) is 11.1 Å². The maximum Gasteiger partial charge on any atom is 0.0590 e. The highest BCUT2D eigenvalue weighted by atomic mass is 15.4. The van der Waals surface area contributed by atoms with Gasteiger partial charge in [-0.05, 0) is 45.4 Å². The van der Waals surface area contributed by atoms with Crippen molar-refractivity contribution in [3.63, 3.8) is 0 Å². The molecule has 0 spiro atoms. The average Bonchev–Trinajstić information content (AvgIpc) is 2.40. The van der Waals surface area contributed by atoms with E-state index in [2.05, 4.69) is 61.4 Å². The summed E-state index contributed by atoms with van der Waals surface area (Å²) < 4.78 is 0. The Morgan fingerprint density at radius 1 is 1.00 bits per heavy atom. The normalized spacial score (nSPS) is 9.55. The number of hydrogen-bond donors (Lipinski definition) is 0. The van der Waals surface area contributed by atoms with Crippen LogP contribution in [0.25, 0.3) is 6.08 Å². The van der Waals surface area contributed by atoms with E-state index in [0.717, 1.165) is 11.4 Å². The van der Waals surface area contributed by atoms with Gasteiger partial charge in [0.1, 0.15) is 0 Å². The molecular weight excluding hydrogens is 244 g/mol. The topological polar surface area (TPSA) is 15.6 Å². The molecule has 2 nitrogen and oxygen atoms in total. The largest absolute Gasteiger partial charge is 0.269 e. The van der Waals surface area contributed by atoms with Gasteiger partial charge in [-0.25, -0.2) is 0 Å². The molecule has 0 aliphatic heterocycles. The fourth-order valence-corrected chi connectivity index (χ4v) is 1.51. The molecule has 0 N–H and O–H groups in total. The Morgan fingerprint density at radius 2 is 1.55 bits per heavy atom. The third-order valence-electron chi connectivity index (χ3n) is 2.33. The zero-order chi connectivity index (χ0) is 15.5. The summed E-state index contributed by atoms with van der Waals surface area (Å²) in [6, 6.07) is 8.35. The van der Waals surface area contributed by atoms with Crippen LogP contribution in [0.1, 0.15) is 47.1 Å². The van der Waals surface area contributed by atoms with Crippen molar-refractivity contribution in [1.82, 2.24) is 0 Å². The van der Waals surface area contributed by atoms with Crippen molar-refractivity contribution in [1.29, 1.82) is 0 Å². The van der Waals surface area contributed by atoms with Crippen molar-refractivity contribution in [3.05, 3.63) is 47.6 Å². The van der Waals surface area contributed by atoms with Crippen LogP contribution in [0.2, 0.25) is 0 Å². The quantitative estimate of drug-likeness (QED) is 0.400. The maximum absolute atomic E-state index is 4.39. The van der Waals surface area contributed by atoms with E-state index in [9.17, 15) is 0 Å². The van der Waals surface area contributed by atoms with E-state index in [4.69, 9.17) is 0 Å². The van der Waals surface area contributed by atoms with Crippen LogP contribution in [0.15, 0.2) is 47.1 Å². The lowest BCUT2D eigenvalue weighted by Gasteiger charge is -2.13. The van der Waals surface area contributed by atoms with Gasteiger partial charge in [-0.1, -0.05) is 49.8 Å². The number of hydrogen-bond acceptors (Lipinski definition) is 2. The summed E-state index contributed by atoms with van der Waals surface area (Å²) in [5, 5.41) is 6.27. The van der Waals surface area contributed by atoms with Gasteiger partial charge in [-0.3, -0.25) is 5.01 Å². The SMILES string of the molecule is CC.CC(C)=CC=Cc1ccc(N(C)N=C(C)C)cc1. The fraction of sp³-hybridized carbons (Fsp3) is 0.389. The van der Waals surface area contributed by atoms with Crippen molar-refractivity contribution in [3.8, 4) is 0 Å².